The van der Waals surface area contributed by atoms with Crippen molar-refractivity contribution in [1.82, 2.24) is 5.32 Å². The Morgan fingerprint density at radius 1 is 1.08 bits per heavy atom. The summed E-state index contributed by atoms with van der Waals surface area (Å²) in [5.41, 5.74) is 2.73. The minimum Gasteiger partial charge on any atom is -0.354 e. The first kappa shape index (κ1) is 19.3. The topological polar surface area (TPSA) is 49.4 Å². The lowest BCUT2D eigenvalue weighted by molar-refractivity contribution is -0.121. The van der Waals surface area contributed by atoms with Gasteiger partial charge >= 0.3 is 0 Å². The van der Waals surface area contributed by atoms with Gasteiger partial charge in [0.1, 0.15) is 0 Å². The van der Waals surface area contributed by atoms with Crippen LogP contribution in [-0.4, -0.2) is 24.9 Å². The SMILES string of the molecule is CC(=O)N(CCNC(=O)Cc1cccc(C)c1)c1ccc(Cl)c(Cl)c1. The molecule has 0 aromatic heterocycles. The van der Waals surface area contributed by atoms with Crippen molar-refractivity contribution in [2.75, 3.05) is 18.0 Å². The monoisotopic (exact) mass is 378 g/mol. The molecule has 2 aromatic carbocycles. The first-order chi connectivity index (χ1) is 11.9. The van der Waals surface area contributed by atoms with Gasteiger partial charge in [0.15, 0.2) is 0 Å². The fraction of sp³-hybridized carbons (Fsp3) is 0.263. The molecule has 2 aromatic rings. The van der Waals surface area contributed by atoms with Crippen molar-refractivity contribution in [3.8, 4) is 0 Å². The van der Waals surface area contributed by atoms with Crippen molar-refractivity contribution in [2.45, 2.75) is 20.3 Å². The molecule has 1 N–H and O–H groups in total. The summed E-state index contributed by atoms with van der Waals surface area (Å²) < 4.78 is 0. The van der Waals surface area contributed by atoms with Gasteiger partial charge in [-0.25, -0.2) is 0 Å². The number of hydrogen-bond donors (Lipinski definition) is 1. The highest BCUT2D eigenvalue weighted by Crippen LogP contribution is 2.27. The lowest BCUT2D eigenvalue weighted by Crippen LogP contribution is -2.38. The Bertz CT molecular complexity index is 778. The molecule has 0 aliphatic rings. The van der Waals surface area contributed by atoms with E-state index in [1.54, 1.807) is 23.1 Å². The van der Waals surface area contributed by atoms with E-state index in [2.05, 4.69) is 5.32 Å². The minimum atomic E-state index is -0.133. The summed E-state index contributed by atoms with van der Waals surface area (Å²) in [5.74, 6) is -0.213. The van der Waals surface area contributed by atoms with Crippen molar-refractivity contribution in [3.05, 3.63) is 63.6 Å². The molecule has 0 bridgehead atoms. The van der Waals surface area contributed by atoms with Crippen molar-refractivity contribution in [2.24, 2.45) is 0 Å². The summed E-state index contributed by atoms with van der Waals surface area (Å²) in [6.07, 6.45) is 0.314. The number of hydrogen-bond acceptors (Lipinski definition) is 2. The van der Waals surface area contributed by atoms with E-state index in [4.69, 9.17) is 23.2 Å². The van der Waals surface area contributed by atoms with Crippen molar-refractivity contribution in [1.29, 1.82) is 0 Å². The maximum atomic E-state index is 12.1. The van der Waals surface area contributed by atoms with E-state index in [-0.39, 0.29) is 11.8 Å². The van der Waals surface area contributed by atoms with Gasteiger partial charge in [-0.15, -0.1) is 0 Å². The van der Waals surface area contributed by atoms with Gasteiger partial charge in [-0.2, -0.15) is 0 Å². The average molecular weight is 379 g/mol. The lowest BCUT2D eigenvalue weighted by Gasteiger charge is -2.22. The second-order valence-corrected chi connectivity index (χ2v) is 6.60. The zero-order valence-electron chi connectivity index (χ0n) is 14.2. The third-order valence-corrected chi connectivity index (χ3v) is 4.44. The van der Waals surface area contributed by atoms with Gasteiger partial charge in [0.05, 0.1) is 16.5 Å². The quantitative estimate of drug-likeness (QED) is 0.825. The Morgan fingerprint density at radius 3 is 2.48 bits per heavy atom. The molecule has 6 heteroatoms. The molecular formula is C19H20Cl2N2O2. The molecule has 0 aliphatic carbocycles. The van der Waals surface area contributed by atoms with Crippen LogP contribution in [-0.2, 0) is 16.0 Å². The molecule has 0 saturated heterocycles. The molecule has 0 radical (unpaired) electrons. The normalized spacial score (nSPS) is 10.4. The average Bonchev–Trinajstić information content (AvgIpc) is 2.54. The Balaban J connectivity index is 1.92. The van der Waals surface area contributed by atoms with Crippen LogP contribution < -0.4 is 10.2 Å². The predicted octanol–water partition coefficient (Wildman–Crippen LogP) is 4.01. The van der Waals surface area contributed by atoms with Crippen LogP contribution in [0.3, 0.4) is 0 Å². The molecule has 0 heterocycles. The lowest BCUT2D eigenvalue weighted by atomic mass is 10.1. The zero-order valence-corrected chi connectivity index (χ0v) is 15.7. The van der Waals surface area contributed by atoms with Crippen LogP contribution in [0.4, 0.5) is 5.69 Å². The highest BCUT2D eigenvalue weighted by atomic mass is 35.5. The number of carbonyl (C=O) groups excluding carboxylic acids is 2. The Morgan fingerprint density at radius 2 is 1.84 bits per heavy atom. The van der Waals surface area contributed by atoms with Gasteiger partial charge in [-0.1, -0.05) is 53.0 Å². The van der Waals surface area contributed by atoms with Crippen LogP contribution in [0.1, 0.15) is 18.1 Å². The molecule has 2 amide bonds. The standard InChI is InChI=1S/C19H20Cl2N2O2/c1-13-4-3-5-15(10-13)11-19(25)22-8-9-23(14(2)24)16-6-7-17(20)18(21)12-16/h3-7,10,12H,8-9,11H2,1-2H3,(H,22,25). The summed E-state index contributed by atoms with van der Waals surface area (Å²) >= 11 is 11.9. The van der Waals surface area contributed by atoms with Gasteiger partial charge in [0, 0.05) is 25.7 Å². The number of amides is 2. The largest absolute Gasteiger partial charge is 0.354 e. The van der Waals surface area contributed by atoms with Crippen LogP contribution in [0.15, 0.2) is 42.5 Å². The van der Waals surface area contributed by atoms with E-state index in [1.807, 2.05) is 31.2 Å². The molecule has 25 heavy (non-hydrogen) atoms. The van der Waals surface area contributed by atoms with Gasteiger partial charge in [0.25, 0.3) is 0 Å². The predicted molar refractivity (Wildman–Crippen MR) is 102 cm³/mol. The number of rotatable bonds is 6. The smallest absolute Gasteiger partial charge is 0.224 e. The Kier molecular flexibility index (Phi) is 6.85. The Labute approximate surface area is 157 Å². The van der Waals surface area contributed by atoms with Gasteiger partial charge in [-0.05, 0) is 30.7 Å². The minimum absolute atomic E-state index is 0.0803. The number of nitrogens with zero attached hydrogens (tertiary/aromatic N) is 1. The summed E-state index contributed by atoms with van der Waals surface area (Å²) in [6.45, 7) is 4.16. The molecule has 0 aliphatic heterocycles. The van der Waals surface area contributed by atoms with Crippen LogP contribution in [0.5, 0.6) is 0 Å². The third kappa shape index (κ3) is 5.76. The number of anilines is 1. The van der Waals surface area contributed by atoms with Gasteiger partial charge < -0.3 is 10.2 Å². The van der Waals surface area contributed by atoms with Gasteiger partial charge in [0.2, 0.25) is 11.8 Å². The molecule has 0 spiro atoms. The first-order valence-corrected chi connectivity index (χ1v) is 8.68. The van der Waals surface area contributed by atoms with E-state index < -0.39 is 0 Å². The van der Waals surface area contributed by atoms with Crippen LogP contribution >= 0.6 is 23.2 Å². The highest BCUT2D eigenvalue weighted by molar-refractivity contribution is 6.42. The summed E-state index contributed by atoms with van der Waals surface area (Å²) in [6, 6.07) is 12.8. The van der Waals surface area contributed by atoms with E-state index >= 15 is 0 Å². The second kappa shape index (κ2) is 8.88. The highest BCUT2D eigenvalue weighted by Gasteiger charge is 2.13. The van der Waals surface area contributed by atoms with E-state index in [0.717, 1.165) is 11.1 Å². The third-order valence-electron chi connectivity index (χ3n) is 3.70. The Hall–Kier alpha value is -2.04. The summed E-state index contributed by atoms with van der Waals surface area (Å²) in [4.78, 5) is 25.5. The van der Waals surface area contributed by atoms with Crippen LogP contribution in [0.2, 0.25) is 10.0 Å². The van der Waals surface area contributed by atoms with Crippen molar-refractivity contribution < 1.29 is 9.59 Å². The van der Waals surface area contributed by atoms with Crippen LogP contribution in [0, 0.1) is 6.92 Å². The summed E-state index contributed by atoms with van der Waals surface area (Å²) in [5, 5.41) is 3.65. The first-order valence-electron chi connectivity index (χ1n) is 7.92. The maximum Gasteiger partial charge on any atom is 0.224 e. The van der Waals surface area contributed by atoms with E-state index in [1.165, 1.54) is 6.92 Å². The number of benzene rings is 2. The zero-order chi connectivity index (χ0) is 18.4. The van der Waals surface area contributed by atoms with E-state index in [9.17, 15) is 9.59 Å². The number of nitrogens with one attached hydrogen (secondary N) is 1. The van der Waals surface area contributed by atoms with Gasteiger partial charge in [-0.3, -0.25) is 9.59 Å². The number of carbonyl (C=O) groups is 2. The molecule has 2 rings (SSSR count). The molecule has 0 fully saturated rings. The van der Waals surface area contributed by atoms with Crippen LogP contribution in [0.25, 0.3) is 0 Å². The molecule has 0 atom stereocenters. The fourth-order valence-corrected chi connectivity index (χ4v) is 2.79. The number of halogens is 2. The molecule has 4 nitrogen and oxygen atoms in total. The molecule has 0 saturated carbocycles. The molecule has 132 valence electrons. The summed E-state index contributed by atoms with van der Waals surface area (Å²) in [7, 11) is 0. The maximum absolute atomic E-state index is 12.1. The van der Waals surface area contributed by atoms with Crippen molar-refractivity contribution >= 4 is 40.7 Å². The van der Waals surface area contributed by atoms with Crippen molar-refractivity contribution in [3.63, 3.8) is 0 Å². The van der Waals surface area contributed by atoms with E-state index in [0.29, 0.717) is 35.2 Å². The number of aryl methyl sites for hydroxylation is 1. The molecule has 0 unspecified atom stereocenters. The second-order valence-electron chi connectivity index (χ2n) is 5.78. The molecular weight excluding hydrogens is 359 g/mol. The fourth-order valence-electron chi connectivity index (χ4n) is 2.50.